The molecule has 3 rings (SSSR count). The number of nitrogens with zero attached hydrogens (tertiary/aromatic N) is 4. The third-order valence-corrected chi connectivity index (χ3v) is 5.46. The number of rotatable bonds is 6. The number of ether oxygens (including phenoxy) is 1. The number of carbonyl (C=O) groups is 1. The molecule has 0 spiro atoms. The summed E-state index contributed by atoms with van der Waals surface area (Å²) >= 11 is 7.02. The molecule has 2 heterocycles. The monoisotopic (exact) mass is 413 g/mol. The van der Waals surface area contributed by atoms with Crippen LogP contribution in [0.2, 0.25) is 5.02 Å². The molecule has 27 heavy (non-hydrogen) atoms. The lowest BCUT2D eigenvalue weighted by molar-refractivity contribution is -0.115. The fourth-order valence-electron chi connectivity index (χ4n) is 2.68. The Balaban J connectivity index is 1.68. The number of nitrogens with one attached hydrogen (secondary N) is 1. The average Bonchev–Trinajstić information content (AvgIpc) is 3.07. The first-order valence-corrected chi connectivity index (χ1v) is 9.93. The minimum absolute atomic E-state index is 0.0998. The normalized spacial score (nSPS) is 15.6. The molecule has 2 aromatic rings. The molecule has 10 heteroatoms. The van der Waals surface area contributed by atoms with Crippen molar-refractivity contribution in [3.8, 4) is 0 Å². The maximum atomic E-state index is 13.9. The van der Waals surface area contributed by atoms with E-state index in [1.807, 2.05) is 11.5 Å². The molecule has 1 saturated heterocycles. The van der Waals surface area contributed by atoms with Gasteiger partial charge in [0, 0.05) is 24.7 Å². The largest absolute Gasteiger partial charge is 0.378 e. The highest BCUT2D eigenvalue weighted by Gasteiger charge is 2.23. The second-order valence-electron chi connectivity index (χ2n) is 6.00. The molecule has 1 aliphatic heterocycles. The molecule has 1 aliphatic rings. The molecule has 7 nitrogen and oxygen atoms in total. The van der Waals surface area contributed by atoms with E-state index < -0.39 is 11.1 Å². The van der Waals surface area contributed by atoms with Crippen LogP contribution in [0.3, 0.4) is 0 Å². The van der Waals surface area contributed by atoms with Gasteiger partial charge in [0.1, 0.15) is 5.82 Å². The van der Waals surface area contributed by atoms with Crippen LogP contribution in [0.4, 0.5) is 16.0 Å². The van der Waals surface area contributed by atoms with Crippen LogP contribution >= 0.6 is 23.4 Å². The van der Waals surface area contributed by atoms with Gasteiger partial charge in [-0.05, 0) is 32.0 Å². The van der Waals surface area contributed by atoms with E-state index in [4.69, 9.17) is 16.3 Å². The smallest absolute Gasteiger partial charge is 0.237 e. The van der Waals surface area contributed by atoms with Gasteiger partial charge in [0.2, 0.25) is 11.9 Å². The van der Waals surface area contributed by atoms with E-state index in [0.717, 1.165) is 25.1 Å². The van der Waals surface area contributed by atoms with Gasteiger partial charge in [-0.1, -0.05) is 23.4 Å². The molecule has 0 unspecified atom stereocenters. The van der Waals surface area contributed by atoms with E-state index >= 15 is 0 Å². The Morgan fingerprint density at radius 2 is 2.15 bits per heavy atom. The van der Waals surface area contributed by atoms with Crippen LogP contribution in [0.5, 0.6) is 0 Å². The van der Waals surface area contributed by atoms with Gasteiger partial charge in [-0.25, -0.2) is 4.39 Å². The second-order valence-corrected chi connectivity index (χ2v) is 7.74. The highest BCUT2D eigenvalue weighted by Crippen LogP contribution is 2.27. The van der Waals surface area contributed by atoms with E-state index in [1.165, 1.54) is 23.9 Å². The lowest BCUT2D eigenvalue weighted by Gasteiger charge is -2.27. The minimum atomic E-state index is -0.570. The summed E-state index contributed by atoms with van der Waals surface area (Å²) in [5.74, 6) is -0.112. The molecule has 0 aliphatic carbocycles. The van der Waals surface area contributed by atoms with Gasteiger partial charge in [-0.3, -0.25) is 9.36 Å². The topological polar surface area (TPSA) is 72.3 Å². The van der Waals surface area contributed by atoms with Crippen molar-refractivity contribution in [3.63, 3.8) is 0 Å². The van der Waals surface area contributed by atoms with Crippen LogP contribution in [0.1, 0.15) is 13.8 Å². The van der Waals surface area contributed by atoms with Gasteiger partial charge < -0.3 is 15.0 Å². The van der Waals surface area contributed by atoms with Gasteiger partial charge >= 0.3 is 0 Å². The number of anilines is 2. The summed E-state index contributed by atoms with van der Waals surface area (Å²) in [5, 5.41) is 11.6. The average molecular weight is 414 g/mol. The number of amides is 1. The van der Waals surface area contributed by atoms with Crippen molar-refractivity contribution >= 4 is 40.9 Å². The number of carbonyl (C=O) groups excluding carboxylic acids is 1. The molecular formula is C17H21ClFN5O2S. The maximum Gasteiger partial charge on any atom is 0.237 e. The number of thioether (sulfide) groups is 1. The summed E-state index contributed by atoms with van der Waals surface area (Å²) in [5.41, 5.74) is 0.0998. The molecule has 146 valence electrons. The maximum absolute atomic E-state index is 13.9. The third-order valence-electron chi connectivity index (χ3n) is 4.15. The summed E-state index contributed by atoms with van der Waals surface area (Å²) < 4.78 is 21.2. The fraction of sp³-hybridized carbons (Fsp3) is 0.471. The van der Waals surface area contributed by atoms with Crippen molar-refractivity contribution in [2.45, 2.75) is 30.8 Å². The van der Waals surface area contributed by atoms with Crippen molar-refractivity contribution in [1.29, 1.82) is 0 Å². The number of morpholine rings is 1. The van der Waals surface area contributed by atoms with E-state index in [2.05, 4.69) is 20.4 Å². The van der Waals surface area contributed by atoms with E-state index in [9.17, 15) is 9.18 Å². The lowest BCUT2D eigenvalue weighted by atomic mass is 10.3. The Kier molecular flexibility index (Phi) is 6.56. The summed E-state index contributed by atoms with van der Waals surface area (Å²) in [6, 6.07) is 4.13. The Bertz CT molecular complexity index is 813. The molecule has 0 saturated carbocycles. The number of benzene rings is 1. The quantitative estimate of drug-likeness (QED) is 0.734. The first kappa shape index (κ1) is 19.9. The van der Waals surface area contributed by atoms with Gasteiger partial charge in [-0.15, -0.1) is 10.2 Å². The third kappa shape index (κ3) is 4.72. The van der Waals surface area contributed by atoms with E-state index in [1.54, 1.807) is 6.92 Å². The molecule has 1 fully saturated rings. The lowest BCUT2D eigenvalue weighted by Crippen LogP contribution is -2.38. The molecule has 1 aromatic heterocycles. The van der Waals surface area contributed by atoms with Crippen LogP contribution in [-0.2, 0) is 16.1 Å². The number of hydrogen-bond acceptors (Lipinski definition) is 6. The first-order valence-electron chi connectivity index (χ1n) is 8.68. The fourth-order valence-corrected chi connectivity index (χ4v) is 3.75. The van der Waals surface area contributed by atoms with E-state index in [0.29, 0.717) is 24.9 Å². The van der Waals surface area contributed by atoms with Crippen molar-refractivity contribution in [3.05, 3.63) is 29.0 Å². The summed E-state index contributed by atoms with van der Waals surface area (Å²) in [4.78, 5) is 14.6. The van der Waals surface area contributed by atoms with Crippen LogP contribution in [0.25, 0.3) is 0 Å². The van der Waals surface area contributed by atoms with Crippen molar-refractivity contribution in [2.75, 3.05) is 36.5 Å². The summed E-state index contributed by atoms with van der Waals surface area (Å²) in [6.07, 6.45) is 0. The SMILES string of the molecule is CCn1c(S[C@@H](C)C(=O)Nc2ccc(Cl)cc2F)nnc1N1CCOCC1. The number of aromatic nitrogens is 3. The zero-order valence-corrected chi connectivity index (χ0v) is 16.7. The van der Waals surface area contributed by atoms with Gasteiger partial charge in [0.05, 0.1) is 24.2 Å². The molecule has 0 bridgehead atoms. The molecule has 1 amide bonds. The predicted octanol–water partition coefficient (Wildman–Crippen LogP) is 3.05. The van der Waals surface area contributed by atoms with Gasteiger partial charge in [-0.2, -0.15) is 0 Å². The Morgan fingerprint density at radius 1 is 1.41 bits per heavy atom. The number of halogens is 2. The zero-order valence-electron chi connectivity index (χ0n) is 15.1. The van der Waals surface area contributed by atoms with E-state index in [-0.39, 0.29) is 16.6 Å². The first-order chi connectivity index (χ1) is 13.0. The Morgan fingerprint density at radius 3 is 2.81 bits per heavy atom. The summed E-state index contributed by atoms with van der Waals surface area (Å²) in [7, 11) is 0. The van der Waals surface area contributed by atoms with Gasteiger partial charge in [0.25, 0.3) is 0 Å². The molecular weight excluding hydrogens is 393 g/mol. The van der Waals surface area contributed by atoms with Crippen LogP contribution in [0.15, 0.2) is 23.4 Å². The minimum Gasteiger partial charge on any atom is -0.378 e. The highest BCUT2D eigenvalue weighted by molar-refractivity contribution is 8.00. The van der Waals surface area contributed by atoms with Crippen LogP contribution in [0, 0.1) is 5.82 Å². The van der Waals surface area contributed by atoms with Crippen molar-refractivity contribution in [2.24, 2.45) is 0 Å². The molecule has 1 atom stereocenters. The second kappa shape index (κ2) is 8.90. The Labute approximate surface area is 166 Å². The highest BCUT2D eigenvalue weighted by atomic mass is 35.5. The number of hydrogen-bond donors (Lipinski definition) is 1. The van der Waals surface area contributed by atoms with Crippen molar-refractivity contribution in [1.82, 2.24) is 14.8 Å². The summed E-state index contributed by atoms with van der Waals surface area (Å²) in [6.45, 7) is 7.27. The molecule has 1 aromatic carbocycles. The molecule has 1 N–H and O–H groups in total. The molecule has 0 radical (unpaired) electrons. The van der Waals surface area contributed by atoms with Gasteiger partial charge in [0.15, 0.2) is 5.16 Å². The zero-order chi connectivity index (χ0) is 19.4. The van der Waals surface area contributed by atoms with Crippen LogP contribution < -0.4 is 10.2 Å². The Hall–Kier alpha value is -1.84. The van der Waals surface area contributed by atoms with Crippen LogP contribution in [-0.4, -0.2) is 52.2 Å². The standard InChI is InChI=1S/C17H21ClFN5O2S/c1-3-24-16(23-6-8-26-9-7-23)21-22-17(24)27-11(2)15(25)20-14-5-4-12(18)10-13(14)19/h4-5,10-11H,3,6-9H2,1-2H3,(H,20,25)/t11-/m0/s1. The predicted molar refractivity (Wildman–Crippen MR) is 104 cm³/mol. The van der Waals surface area contributed by atoms with Crippen molar-refractivity contribution < 1.29 is 13.9 Å².